The Kier molecular flexibility index (Phi) is 21.7. The third kappa shape index (κ3) is 16.6. The molecule has 2 aromatic carbocycles. The summed E-state index contributed by atoms with van der Waals surface area (Å²) in [5.41, 5.74) is 2.15. The van der Waals surface area contributed by atoms with Gasteiger partial charge < -0.3 is 19.3 Å². The fourth-order valence-corrected chi connectivity index (χ4v) is 4.29. The number of nitrogens with one attached hydrogen (secondary N) is 1. The van der Waals surface area contributed by atoms with E-state index in [1.54, 1.807) is 20.8 Å². The lowest BCUT2D eigenvalue weighted by Gasteiger charge is -2.26. The molecule has 0 bridgehead atoms. The molecule has 47 heavy (non-hydrogen) atoms. The molecule has 1 saturated heterocycles. The van der Waals surface area contributed by atoms with Crippen molar-refractivity contribution in [1.82, 2.24) is 10.2 Å². The van der Waals surface area contributed by atoms with E-state index in [1.807, 2.05) is 60.7 Å². The average Bonchev–Trinajstić information content (AvgIpc) is 3.26. The van der Waals surface area contributed by atoms with E-state index in [0.717, 1.165) is 11.1 Å². The van der Waals surface area contributed by atoms with Gasteiger partial charge in [-0.25, -0.2) is 14.4 Å². The third-order valence-corrected chi connectivity index (χ3v) is 6.56. The highest BCUT2D eigenvalue weighted by atomic mass is 35.5. The number of carboxylic acids is 1. The van der Waals surface area contributed by atoms with Crippen LogP contribution in [0.2, 0.25) is 0 Å². The number of carbonyl (C=O) groups excluding carboxylic acids is 5. The number of nitrogens with zero attached hydrogens (tertiary/aromatic N) is 1. The van der Waals surface area contributed by atoms with Gasteiger partial charge in [-0.05, 0) is 87.7 Å². The second kappa shape index (κ2) is 23.6. The quantitative estimate of drug-likeness (QED) is 0.121. The van der Waals surface area contributed by atoms with Gasteiger partial charge >= 0.3 is 34.7 Å². The van der Waals surface area contributed by atoms with Crippen LogP contribution in [0.4, 0.5) is 9.59 Å². The summed E-state index contributed by atoms with van der Waals surface area (Å²) in [6.07, 6.45) is 1.36. The first-order chi connectivity index (χ1) is 21.8. The van der Waals surface area contributed by atoms with Gasteiger partial charge in [0.15, 0.2) is 0 Å². The summed E-state index contributed by atoms with van der Waals surface area (Å²) in [6.45, 7) is 6.98. The SMILES string of the molecule is CCOC(=O)[C@H](CCc1ccccc1)N1C(=O)OC(=O)[C@@H]1C.CCOC(=O)[C@H](CCc1ccccc1)N[C@@H](C)C(=O)O.O=C(Cl)Cl.[ClH2+]. The Balaban J connectivity index is 0.000000796. The predicted molar refractivity (Wildman–Crippen MR) is 173 cm³/mol. The Morgan fingerprint density at radius 2 is 1.32 bits per heavy atom. The van der Waals surface area contributed by atoms with Crippen molar-refractivity contribution in [2.24, 2.45) is 0 Å². The molecule has 1 amide bonds. The van der Waals surface area contributed by atoms with Gasteiger partial charge in [-0.15, -0.1) is 0 Å². The lowest BCUT2D eigenvalue weighted by molar-refractivity contribution is -0.149. The number of hydrogen-bond donors (Lipinski definition) is 2. The standard InChI is InChI=1S/C16H19NO5.C15H21NO4.CCl2O.ClH2/c1-3-21-15(19)13(10-9-12-7-5-4-6-8-12)17-11(2)14(18)22-16(17)20;1-3-20-15(19)13(16-11(2)14(17)18)10-9-12-7-5-4-6-8-12;2-1(3)4;/h4-8,11,13H,3,9-10H2,1-2H3;4-8,11,13,16H,3,9-10H2,1-2H3,(H,17,18);;1H2/q;;;+1/t2*11-,13-;;/m00../s1. The lowest BCUT2D eigenvalue weighted by atomic mass is 10.0. The maximum Gasteiger partial charge on any atom is 0.419 e. The molecule has 0 aromatic heterocycles. The molecule has 15 heteroatoms. The Morgan fingerprint density at radius 3 is 1.72 bits per heavy atom. The van der Waals surface area contributed by atoms with E-state index in [9.17, 15) is 24.0 Å². The summed E-state index contributed by atoms with van der Waals surface area (Å²) in [4.78, 5) is 68.4. The molecule has 0 aliphatic carbocycles. The maximum absolute atomic E-state index is 12.2. The zero-order valence-electron chi connectivity index (χ0n) is 26.6. The number of esters is 3. The van der Waals surface area contributed by atoms with E-state index in [0.29, 0.717) is 25.7 Å². The van der Waals surface area contributed by atoms with Crippen LogP contribution in [0.15, 0.2) is 60.7 Å². The fraction of sp³-hybridized carbons (Fsp3) is 0.438. The highest BCUT2D eigenvalue weighted by molar-refractivity contribution is 6.93. The second-order valence-electron chi connectivity index (χ2n) is 9.84. The van der Waals surface area contributed by atoms with Crippen LogP contribution < -0.4 is 5.32 Å². The summed E-state index contributed by atoms with van der Waals surface area (Å²) in [7, 11) is 0. The number of benzene rings is 2. The number of carbonyl (C=O) groups is 6. The second-order valence-corrected chi connectivity index (χ2v) is 10.7. The summed E-state index contributed by atoms with van der Waals surface area (Å²) in [5.74, 6) is -2.55. The van der Waals surface area contributed by atoms with Crippen molar-refractivity contribution in [2.75, 3.05) is 13.2 Å². The molecule has 0 saturated carbocycles. The van der Waals surface area contributed by atoms with Crippen LogP contribution in [-0.4, -0.2) is 82.1 Å². The largest absolute Gasteiger partial charge is 0.480 e. The van der Waals surface area contributed by atoms with Gasteiger partial charge in [-0.3, -0.25) is 24.6 Å². The number of aryl methyl sites for hydroxylation is 2. The van der Waals surface area contributed by atoms with E-state index in [-0.39, 0.29) is 25.6 Å². The van der Waals surface area contributed by atoms with Crippen molar-refractivity contribution in [3.05, 3.63) is 71.8 Å². The van der Waals surface area contributed by atoms with Crippen molar-refractivity contribution in [1.29, 1.82) is 0 Å². The normalized spacial score (nSPS) is 15.2. The summed E-state index contributed by atoms with van der Waals surface area (Å²) in [6, 6.07) is 16.3. The van der Waals surface area contributed by atoms with Gasteiger partial charge in [0.2, 0.25) is 0 Å². The average molecular weight is 721 g/mol. The molecule has 2 aromatic rings. The molecule has 1 fully saturated rings. The summed E-state index contributed by atoms with van der Waals surface area (Å²) < 4.78 is 13.7. The molecule has 3 rings (SSSR count). The molecular formula is C32H42Cl3N2O10+. The van der Waals surface area contributed by atoms with Gasteiger partial charge in [-0.1, -0.05) is 60.7 Å². The minimum absolute atomic E-state index is 0. The van der Waals surface area contributed by atoms with Gasteiger partial charge in [0.05, 0.1) is 25.6 Å². The van der Waals surface area contributed by atoms with Crippen molar-refractivity contribution < 1.29 is 60.5 Å². The van der Waals surface area contributed by atoms with Crippen molar-refractivity contribution >= 4 is 57.9 Å². The van der Waals surface area contributed by atoms with E-state index in [1.165, 1.54) is 11.8 Å². The summed E-state index contributed by atoms with van der Waals surface area (Å²) in [5, 5.41) is 11.7. The first kappa shape index (κ1) is 43.3. The van der Waals surface area contributed by atoms with E-state index in [4.69, 9.17) is 19.4 Å². The Morgan fingerprint density at radius 1 is 0.872 bits per heavy atom. The van der Waals surface area contributed by atoms with E-state index < -0.39 is 58.8 Å². The molecule has 1 aliphatic rings. The number of hydrogen-bond acceptors (Lipinski definition) is 10. The van der Waals surface area contributed by atoms with Crippen LogP contribution in [0.5, 0.6) is 0 Å². The van der Waals surface area contributed by atoms with Crippen molar-refractivity contribution in [3.63, 3.8) is 0 Å². The minimum atomic E-state index is -0.987. The number of aliphatic carboxylic acids is 1. The number of rotatable bonds is 14. The minimum Gasteiger partial charge on any atom is -0.480 e. The molecule has 0 unspecified atom stereocenters. The first-order valence-corrected chi connectivity index (χ1v) is 15.4. The zero-order valence-corrected chi connectivity index (χ0v) is 29.0. The monoisotopic (exact) mass is 719 g/mol. The molecular weight excluding hydrogens is 679 g/mol. The van der Waals surface area contributed by atoms with E-state index >= 15 is 0 Å². The van der Waals surface area contributed by atoms with Crippen molar-refractivity contribution in [2.45, 2.75) is 77.5 Å². The predicted octanol–water partition coefficient (Wildman–Crippen LogP) is 4.58. The Labute approximate surface area is 290 Å². The number of halogens is 3. The molecule has 1 heterocycles. The van der Waals surface area contributed by atoms with Crippen LogP contribution >= 0.6 is 23.2 Å². The Hall–Kier alpha value is -3.71. The van der Waals surface area contributed by atoms with Gasteiger partial charge in [0.1, 0.15) is 24.2 Å². The fourth-order valence-electron chi connectivity index (χ4n) is 4.29. The van der Waals surface area contributed by atoms with E-state index in [2.05, 4.69) is 33.3 Å². The number of carboxylic acid groups (broad SMARTS) is 1. The summed E-state index contributed by atoms with van der Waals surface area (Å²) >= 11 is 8.80. The smallest absolute Gasteiger partial charge is 0.419 e. The number of cyclic esters (lactones) is 2. The lowest BCUT2D eigenvalue weighted by Crippen LogP contribution is -2.47. The van der Waals surface area contributed by atoms with Gasteiger partial charge in [0.25, 0.3) is 0 Å². The molecule has 0 spiro atoms. The maximum atomic E-state index is 12.2. The van der Waals surface area contributed by atoms with Crippen LogP contribution in [0.1, 0.15) is 51.7 Å². The van der Waals surface area contributed by atoms with Crippen LogP contribution in [-0.2, 0) is 46.2 Å². The van der Waals surface area contributed by atoms with Gasteiger partial charge in [0, 0.05) is 0 Å². The van der Waals surface area contributed by atoms with Crippen LogP contribution in [0.25, 0.3) is 0 Å². The molecule has 0 radical (unpaired) electrons. The molecule has 260 valence electrons. The van der Waals surface area contributed by atoms with Crippen molar-refractivity contribution in [3.8, 4) is 0 Å². The first-order valence-electron chi connectivity index (χ1n) is 14.6. The highest BCUT2D eigenvalue weighted by Gasteiger charge is 2.45. The molecule has 12 nitrogen and oxygen atoms in total. The van der Waals surface area contributed by atoms with Crippen LogP contribution in [0.3, 0.4) is 0 Å². The topological polar surface area (TPSA) is 166 Å². The molecule has 2 N–H and O–H groups in total. The number of ether oxygens (including phenoxy) is 3. The number of amides is 1. The molecule has 1 aliphatic heterocycles. The zero-order chi connectivity index (χ0) is 34.6. The Bertz CT molecular complexity index is 1280. The third-order valence-electron chi connectivity index (χ3n) is 6.56. The van der Waals surface area contributed by atoms with Crippen LogP contribution in [0, 0.1) is 12.4 Å². The van der Waals surface area contributed by atoms with Gasteiger partial charge in [-0.2, -0.15) is 0 Å². The highest BCUT2D eigenvalue weighted by Crippen LogP contribution is 2.21. The molecule has 4 atom stereocenters.